The molecule has 1 aliphatic rings. The highest BCUT2D eigenvalue weighted by atomic mass is 35.5. The van der Waals surface area contributed by atoms with E-state index in [4.69, 9.17) is 20.8 Å². The average Bonchev–Trinajstić information content (AvgIpc) is 3.17. The second kappa shape index (κ2) is 9.80. The summed E-state index contributed by atoms with van der Waals surface area (Å²) >= 11 is 5.92. The molecule has 2 aromatic rings. The van der Waals surface area contributed by atoms with Gasteiger partial charge in [-0.1, -0.05) is 11.6 Å². The summed E-state index contributed by atoms with van der Waals surface area (Å²) in [6, 6.07) is 11.2. The van der Waals surface area contributed by atoms with Gasteiger partial charge in [0.1, 0.15) is 11.5 Å². The lowest BCUT2D eigenvalue weighted by Gasteiger charge is -2.34. The minimum atomic E-state index is -0.287. The van der Waals surface area contributed by atoms with E-state index in [1.54, 1.807) is 23.8 Å². The maximum Gasteiger partial charge on any atom is 0.409 e. The smallest absolute Gasteiger partial charge is 0.409 e. The van der Waals surface area contributed by atoms with Crippen LogP contribution in [0.1, 0.15) is 12.7 Å². The van der Waals surface area contributed by atoms with Crippen LogP contribution in [0.3, 0.4) is 0 Å². The molecule has 156 valence electrons. The van der Waals surface area contributed by atoms with Gasteiger partial charge < -0.3 is 19.0 Å². The molecule has 29 heavy (non-hydrogen) atoms. The second-order valence-corrected chi connectivity index (χ2v) is 7.42. The first-order valence-corrected chi connectivity index (χ1v) is 10.1. The van der Waals surface area contributed by atoms with Gasteiger partial charge in [-0.25, -0.2) is 4.79 Å². The molecule has 2 heterocycles. The SMILES string of the molecule is CCOC(=O)N1CCN(CC(=O)N(C)Cc2ccc(-c3ccc(Cl)cc3)o2)CC1. The third-order valence-corrected chi connectivity index (χ3v) is 5.12. The van der Waals surface area contributed by atoms with Crippen LogP contribution in [-0.2, 0) is 16.1 Å². The lowest BCUT2D eigenvalue weighted by molar-refractivity contribution is -0.132. The lowest BCUT2D eigenvalue weighted by Crippen LogP contribution is -2.51. The van der Waals surface area contributed by atoms with Gasteiger partial charge in [0.05, 0.1) is 19.7 Å². The van der Waals surface area contributed by atoms with Gasteiger partial charge in [-0.05, 0) is 43.3 Å². The Morgan fingerprint density at radius 2 is 1.79 bits per heavy atom. The number of furan rings is 1. The maximum atomic E-state index is 12.6. The molecule has 0 radical (unpaired) electrons. The molecule has 8 heteroatoms. The van der Waals surface area contributed by atoms with Crippen molar-refractivity contribution < 1.29 is 18.7 Å². The number of nitrogens with zero attached hydrogens (tertiary/aromatic N) is 3. The molecule has 0 N–H and O–H groups in total. The summed E-state index contributed by atoms with van der Waals surface area (Å²) in [7, 11) is 1.77. The molecular weight excluding hydrogens is 394 g/mol. The van der Waals surface area contributed by atoms with Crippen molar-refractivity contribution in [2.75, 3.05) is 46.4 Å². The van der Waals surface area contributed by atoms with Crippen molar-refractivity contribution in [3.05, 3.63) is 47.2 Å². The van der Waals surface area contributed by atoms with E-state index in [2.05, 4.69) is 4.90 Å². The number of amides is 2. The van der Waals surface area contributed by atoms with E-state index >= 15 is 0 Å². The molecule has 0 spiro atoms. The summed E-state index contributed by atoms with van der Waals surface area (Å²) in [6.45, 7) is 5.32. The van der Waals surface area contributed by atoms with Gasteiger partial charge in [0.25, 0.3) is 0 Å². The zero-order chi connectivity index (χ0) is 20.8. The number of benzene rings is 1. The van der Waals surface area contributed by atoms with E-state index in [1.807, 2.05) is 36.4 Å². The first kappa shape index (κ1) is 21.2. The predicted molar refractivity (Wildman–Crippen MR) is 111 cm³/mol. The Bertz CT molecular complexity index is 829. The number of carbonyl (C=O) groups is 2. The Balaban J connectivity index is 1.48. The number of likely N-dealkylation sites (N-methyl/N-ethyl adjacent to an activating group) is 1. The molecule has 0 saturated carbocycles. The molecule has 1 fully saturated rings. The van der Waals surface area contributed by atoms with Crippen LogP contribution in [0.15, 0.2) is 40.8 Å². The fourth-order valence-electron chi connectivity index (χ4n) is 3.17. The molecule has 2 amide bonds. The van der Waals surface area contributed by atoms with Gasteiger partial charge >= 0.3 is 6.09 Å². The number of rotatable bonds is 6. The molecule has 1 aliphatic heterocycles. The molecule has 7 nitrogen and oxygen atoms in total. The van der Waals surface area contributed by atoms with Gasteiger partial charge in [0, 0.05) is 43.8 Å². The monoisotopic (exact) mass is 419 g/mol. The van der Waals surface area contributed by atoms with Gasteiger partial charge in [-0.15, -0.1) is 0 Å². The molecule has 1 saturated heterocycles. The van der Waals surface area contributed by atoms with Gasteiger partial charge in [-0.2, -0.15) is 0 Å². The van der Waals surface area contributed by atoms with E-state index in [0.717, 1.165) is 17.1 Å². The highest BCUT2D eigenvalue weighted by Crippen LogP contribution is 2.24. The van der Waals surface area contributed by atoms with Crippen molar-refractivity contribution in [3.8, 4) is 11.3 Å². The normalized spacial score (nSPS) is 14.7. The van der Waals surface area contributed by atoms with Crippen molar-refractivity contribution >= 4 is 23.6 Å². The number of carbonyl (C=O) groups excluding carboxylic acids is 2. The molecule has 0 unspecified atom stereocenters. The predicted octanol–water partition coefficient (Wildman–Crippen LogP) is 3.33. The van der Waals surface area contributed by atoms with Crippen LogP contribution in [0.25, 0.3) is 11.3 Å². The lowest BCUT2D eigenvalue weighted by atomic mass is 10.2. The van der Waals surface area contributed by atoms with Crippen LogP contribution in [0.2, 0.25) is 5.02 Å². The first-order chi connectivity index (χ1) is 14.0. The maximum absolute atomic E-state index is 12.6. The van der Waals surface area contributed by atoms with Crippen molar-refractivity contribution in [1.29, 1.82) is 0 Å². The topological polar surface area (TPSA) is 66.2 Å². The van der Waals surface area contributed by atoms with Gasteiger partial charge in [-0.3, -0.25) is 9.69 Å². The van der Waals surface area contributed by atoms with Crippen LogP contribution in [0.5, 0.6) is 0 Å². The number of hydrogen-bond donors (Lipinski definition) is 0. The molecule has 3 rings (SSSR count). The van der Waals surface area contributed by atoms with E-state index in [0.29, 0.717) is 50.9 Å². The molecule has 1 aromatic heterocycles. The molecule has 1 aromatic carbocycles. The quantitative estimate of drug-likeness (QED) is 0.718. The van der Waals surface area contributed by atoms with Gasteiger partial charge in [0.2, 0.25) is 5.91 Å². The van der Waals surface area contributed by atoms with Crippen LogP contribution in [0.4, 0.5) is 4.79 Å². The fourth-order valence-corrected chi connectivity index (χ4v) is 3.30. The average molecular weight is 420 g/mol. The summed E-state index contributed by atoms with van der Waals surface area (Å²) in [5.74, 6) is 1.48. The van der Waals surface area contributed by atoms with Crippen LogP contribution in [0, 0.1) is 0 Å². The Labute approximate surface area is 175 Å². The Morgan fingerprint density at radius 1 is 1.10 bits per heavy atom. The van der Waals surface area contributed by atoms with Crippen molar-refractivity contribution in [2.24, 2.45) is 0 Å². The summed E-state index contributed by atoms with van der Waals surface area (Å²) in [6.07, 6.45) is -0.287. The van der Waals surface area contributed by atoms with Crippen LogP contribution in [-0.4, -0.2) is 73.1 Å². The fraction of sp³-hybridized carbons (Fsp3) is 0.429. The molecule has 0 atom stereocenters. The number of halogens is 1. The molecular formula is C21H26ClN3O4. The summed E-state index contributed by atoms with van der Waals surface area (Å²) < 4.78 is 10.9. The minimum Gasteiger partial charge on any atom is -0.459 e. The number of piperazine rings is 1. The van der Waals surface area contributed by atoms with Crippen molar-refractivity contribution in [2.45, 2.75) is 13.5 Å². The third kappa shape index (κ3) is 5.74. The summed E-state index contributed by atoms with van der Waals surface area (Å²) in [5.41, 5.74) is 0.939. The second-order valence-electron chi connectivity index (χ2n) is 6.98. The van der Waals surface area contributed by atoms with Crippen LogP contribution < -0.4 is 0 Å². The highest BCUT2D eigenvalue weighted by molar-refractivity contribution is 6.30. The van der Waals surface area contributed by atoms with Crippen LogP contribution >= 0.6 is 11.6 Å². The summed E-state index contributed by atoms with van der Waals surface area (Å²) in [5, 5.41) is 0.675. The highest BCUT2D eigenvalue weighted by Gasteiger charge is 2.24. The van der Waals surface area contributed by atoms with Crippen molar-refractivity contribution in [3.63, 3.8) is 0 Å². The molecule has 0 bridgehead atoms. The Kier molecular flexibility index (Phi) is 7.17. The number of ether oxygens (including phenoxy) is 1. The summed E-state index contributed by atoms with van der Waals surface area (Å²) in [4.78, 5) is 29.7. The largest absolute Gasteiger partial charge is 0.459 e. The Hall–Kier alpha value is -2.51. The zero-order valence-electron chi connectivity index (χ0n) is 16.8. The van der Waals surface area contributed by atoms with E-state index in [9.17, 15) is 9.59 Å². The van der Waals surface area contributed by atoms with E-state index in [-0.39, 0.29) is 12.0 Å². The first-order valence-electron chi connectivity index (χ1n) is 9.69. The van der Waals surface area contributed by atoms with Gasteiger partial charge in [0.15, 0.2) is 0 Å². The molecule has 0 aliphatic carbocycles. The van der Waals surface area contributed by atoms with E-state index in [1.165, 1.54) is 0 Å². The van der Waals surface area contributed by atoms with E-state index < -0.39 is 0 Å². The Morgan fingerprint density at radius 3 is 2.45 bits per heavy atom. The number of hydrogen-bond acceptors (Lipinski definition) is 5. The minimum absolute atomic E-state index is 0.0130. The van der Waals surface area contributed by atoms with Crippen molar-refractivity contribution in [1.82, 2.24) is 14.7 Å². The third-order valence-electron chi connectivity index (χ3n) is 4.87. The zero-order valence-corrected chi connectivity index (χ0v) is 17.5. The standard InChI is InChI=1S/C21H26ClN3O4/c1-3-28-21(27)25-12-10-24(11-13-25)15-20(26)23(2)14-18-8-9-19(29-18)16-4-6-17(22)7-5-16/h4-9H,3,10-15H2,1-2H3.